The molecule has 0 atom stereocenters. The molecule has 0 aliphatic heterocycles. The average molecular weight is 257 g/mol. The van der Waals surface area contributed by atoms with E-state index in [4.69, 9.17) is 11.6 Å². The summed E-state index contributed by atoms with van der Waals surface area (Å²) in [4.78, 5) is 10.9. The maximum Gasteiger partial charge on any atom is 0.152 e. The van der Waals surface area contributed by atoms with Crippen molar-refractivity contribution >= 4 is 23.5 Å². The molecule has 2 heteroatoms. The van der Waals surface area contributed by atoms with Gasteiger partial charge in [0.15, 0.2) is 5.78 Å². The molecule has 0 heterocycles. The molecule has 90 valence electrons. The molecule has 2 aromatic carbocycles. The van der Waals surface area contributed by atoms with Crippen LogP contribution in [0.4, 0.5) is 0 Å². The summed E-state index contributed by atoms with van der Waals surface area (Å²) in [6.07, 6.45) is 3.39. The molecule has 0 saturated carbocycles. The first-order valence-corrected chi connectivity index (χ1v) is 6.07. The standard InChI is InChI=1S/C16H13ClO/c1-12(18)5-6-13-3-2-4-15(11-13)14-7-9-16(17)10-8-14/h2-11H,1H3. The molecular formula is C16H13ClO. The van der Waals surface area contributed by atoms with Gasteiger partial charge in [-0.15, -0.1) is 0 Å². The van der Waals surface area contributed by atoms with Gasteiger partial charge in [-0.2, -0.15) is 0 Å². The first-order chi connectivity index (χ1) is 8.65. The summed E-state index contributed by atoms with van der Waals surface area (Å²) in [6.45, 7) is 1.54. The molecule has 18 heavy (non-hydrogen) atoms. The van der Waals surface area contributed by atoms with E-state index in [0.717, 1.165) is 21.7 Å². The van der Waals surface area contributed by atoms with Gasteiger partial charge in [0.05, 0.1) is 0 Å². The summed E-state index contributed by atoms with van der Waals surface area (Å²) >= 11 is 5.87. The van der Waals surface area contributed by atoms with E-state index in [1.54, 1.807) is 13.0 Å². The van der Waals surface area contributed by atoms with Gasteiger partial charge >= 0.3 is 0 Å². The lowest BCUT2D eigenvalue weighted by Crippen LogP contribution is -1.82. The van der Waals surface area contributed by atoms with Crippen molar-refractivity contribution in [2.75, 3.05) is 0 Å². The molecule has 0 radical (unpaired) electrons. The van der Waals surface area contributed by atoms with Crippen LogP contribution in [0.1, 0.15) is 12.5 Å². The van der Waals surface area contributed by atoms with Crippen molar-refractivity contribution in [1.82, 2.24) is 0 Å². The predicted molar refractivity (Wildman–Crippen MR) is 76.6 cm³/mol. The molecule has 0 aliphatic carbocycles. The second-order valence-corrected chi connectivity index (χ2v) is 4.51. The zero-order valence-electron chi connectivity index (χ0n) is 10.1. The summed E-state index contributed by atoms with van der Waals surface area (Å²) in [5.74, 6) is 0.0481. The molecule has 0 bridgehead atoms. The second kappa shape index (κ2) is 5.65. The third-order valence-electron chi connectivity index (χ3n) is 2.57. The Morgan fingerprint density at radius 2 is 1.78 bits per heavy atom. The van der Waals surface area contributed by atoms with Crippen molar-refractivity contribution < 1.29 is 4.79 Å². The maximum atomic E-state index is 10.9. The third kappa shape index (κ3) is 3.31. The fourth-order valence-electron chi connectivity index (χ4n) is 1.68. The van der Waals surface area contributed by atoms with Gasteiger partial charge in [0.25, 0.3) is 0 Å². The van der Waals surface area contributed by atoms with E-state index in [2.05, 4.69) is 0 Å². The Morgan fingerprint density at radius 1 is 1.06 bits per heavy atom. The molecular weight excluding hydrogens is 244 g/mol. The largest absolute Gasteiger partial charge is 0.295 e. The Kier molecular flexibility index (Phi) is 3.96. The van der Waals surface area contributed by atoms with Gasteiger partial charge in [0.2, 0.25) is 0 Å². The van der Waals surface area contributed by atoms with Gasteiger partial charge in [-0.25, -0.2) is 0 Å². The number of hydrogen-bond acceptors (Lipinski definition) is 1. The number of carbonyl (C=O) groups excluding carboxylic acids is 1. The minimum absolute atomic E-state index is 0.0481. The Balaban J connectivity index is 2.32. The van der Waals surface area contributed by atoms with E-state index in [1.807, 2.05) is 54.6 Å². The van der Waals surface area contributed by atoms with E-state index in [1.165, 1.54) is 0 Å². The molecule has 0 saturated heterocycles. The second-order valence-electron chi connectivity index (χ2n) is 4.08. The Labute approximate surface area is 112 Å². The van der Waals surface area contributed by atoms with Crippen molar-refractivity contribution in [3.63, 3.8) is 0 Å². The summed E-state index contributed by atoms with van der Waals surface area (Å²) in [7, 11) is 0. The monoisotopic (exact) mass is 256 g/mol. The molecule has 2 aromatic rings. The first kappa shape index (κ1) is 12.6. The van der Waals surface area contributed by atoms with E-state index in [-0.39, 0.29) is 5.78 Å². The zero-order chi connectivity index (χ0) is 13.0. The lowest BCUT2D eigenvalue weighted by atomic mass is 10.0. The van der Waals surface area contributed by atoms with Crippen molar-refractivity contribution in [1.29, 1.82) is 0 Å². The summed E-state index contributed by atoms with van der Waals surface area (Å²) in [5, 5.41) is 0.728. The van der Waals surface area contributed by atoms with Crippen molar-refractivity contribution in [3.8, 4) is 11.1 Å². The van der Waals surface area contributed by atoms with Crippen molar-refractivity contribution in [2.24, 2.45) is 0 Å². The van der Waals surface area contributed by atoms with Gasteiger partial charge in [-0.05, 0) is 47.9 Å². The van der Waals surface area contributed by atoms with E-state index in [0.29, 0.717) is 0 Å². The predicted octanol–water partition coefficient (Wildman–Crippen LogP) is 4.61. The summed E-state index contributed by atoms with van der Waals surface area (Å²) in [6, 6.07) is 15.7. The number of allylic oxidation sites excluding steroid dienone is 1. The van der Waals surface area contributed by atoms with Crippen LogP contribution in [0.25, 0.3) is 17.2 Å². The van der Waals surface area contributed by atoms with Crippen LogP contribution in [0, 0.1) is 0 Å². The Hall–Kier alpha value is -1.86. The van der Waals surface area contributed by atoms with Crippen LogP contribution in [0.15, 0.2) is 54.6 Å². The summed E-state index contributed by atoms with van der Waals surface area (Å²) in [5.41, 5.74) is 3.23. The molecule has 0 fully saturated rings. The normalized spacial score (nSPS) is 10.8. The number of rotatable bonds is 3. The fraction of sp³-hybridized carbons (Fsp3) is 0.0625. The summed E-state index contributed by atoms with van der Waals surface area (Å²) < 4.78 is 0. The van der Waals surface area contributed by atoms with Crippen LogP contribution < -0.4 is 0 Å². The minimum Gasteiger partial charge on any atom is -0.295 e. The molecule has 0 aliphatic rings. The van der Waals surface area contributed by atoms with Gasteiger partial charge in [0, 0.05) is 5.02 Å². The SMILES string of the molecule is CC(=O)C=Cc1cccc(-c2ccc(Cl)cc2)c1. The average Bonchev–Trinajstić information content (AvgIpc) is 2.37. The molecule has 0 aromatic heterocycles. The highest BCUT2D eigenvalue weighted by Gasteiger charge is 1.98. The highest BCUT2D eigenvalue weighted by Crippen LogP contribution is 2.22. The van der Waals surface area contributed by atoms with Gasteiger partial charge in [-0.3, -0.25) is 4.79 Å². The number of hydrogen-bond donors (Lipinski definition) is 0. The Morgan fingerprint density at radius 3 is 2.44 bits per heavy atom. The van der Waals surface area contributed by atoms with Crippen LogP contribution in [0.5, 0.6) is 0 Å². The van der Waals surface area contributed by atoms with E-state index < -0.39 is 0 Å². The molecule has 0 amide bonds. The van der Waals surface area contributed by atoms with Gasteiger partial charge in [0.1, 0.15) is 0 Å². The van der Waals surface area contributed by atoms with Gasteiger partial charge < -0.3 is 0 Å². The lowest BCUT2D eigenvalue weighted by molar-refractivity contribution is -0.112. The minimum atomic E-state index is 0.0481. The van der Waals surface area contributed by atoms with Crippen LogP contribution in [0.2, 0.25) is 5.02 Å². The van der Waals surface area contributed by atoms with Crippen LogP contribution in [0.3, 0.4) is 0 Å². The van der Waals surface area contributed by atoms with Crippen molar-refractivity contribution in [3.05, 3.63) is 65.2 Å². The highest BCUT2D eigenvalue weighted by molar-refractivity contribution is 6.30. The number of carbonyl (C=O) groups is 1. The number of ketones is 1. The zero-order valence-corrected chi connectivity index (χ0v) is 10.8. The molecule has 2 rings (SSSR count). The Bertz CT molecular complexity index is 582. The van der Waals surface area contributed by atoms with Crippen molar-refractivity contribution in [2.45, 2.75) is 6.92 Å². The smallest absolute Gasteiger partial charge is 0.152 e. The first-order valence-electron chi connectivity index (χ1n) is 5.70. The topological polar surface area (TPSA) is 17.1 Å². The molecule has 0 unspecified atom stereocenters. The van der Waals surface area contributed by atoms with Crippen LogP contribution >= 0.6 is 11.6 Å². The number of benzene rings is 2. The highest BCUT2D eigenvalue weighted by atomic mass is 35.5. The maximum absolute atomic E-state index is 10.9. The molecule has 1 nitrogen and oxygen atoms in total. The molecule has 0 spiro atoms. The fourth-order valence-corrected chi connectivity index (χ4v) is 1.80. The molecule has 0 N–H and O–H groups in total. The number of halogens is 1. The van der Waals surface area contributed by atoms with E-state index >= 15 is 0 Å². The third-order valence-corrected chi connectivity index (χ3v) is 2.83. The van der Waals surface area contributed by atoms with Crippen LogP contribution in [-0.4, -0.2) is 5.78 Å². The van der Waals surface area contributed by atoms with Crippen LogP contribution in [-0.2, 0) is 4.79 Å². The van der Waals surface area contributed by atoms with E-state index in [9.17, 15) is 4.79 Å². The van der Waals surface area contributed by atoms with Gasteiger partial charge in [-0.1, -0.05) is 48.0 Å². The quantitative estimate of drug-likeness (QED) is 0.733. The lowest BCUT2D eigenvalue weighted by Gasteiger charge is -2.03.